The molecule has 1 N–H and O–H groups in total. The predicted molar refractivity (Wildman–Crippen MR) is 115 cm³/mol. The summed E-state index contributed by atoms with van der Waals surface area (Å²) in [7, 11) is 1.42. The van der Waals surface area contributed by atoms with Gasteiger partial charge in [0.1, 0.15) is 0 Å². The maximum atomic E-state index is 12.2. The Morgan fingerprint density at radius 2 is 1.72 bits per heavy atom. The zero-order valence-corrected chi connectivity index (χ0v) is 16.4. The zero-order chi connectivity index (χ0) is 20.2. The van der Waals surface area contributed by atoms with Gasteiger partial charge in [0.15, 0.2) is 0 Å². The van der Waals surface area contributed by atoms with Crippen LogP contribution in [0.4, 0.5) is 11.4 Å². The van der Waals surface area contributed by atoms with Gasteiger partial charge in [-0.05, 0) is 47.5 Å². The van der Waals surface area contributed by atoms with Crippen molar-refractivity contribution in [2.24, 2.45) is 5.92 Å². The summed E-state index contributed by atoms with van der Waals surface area (Å²) in [6.07, 6.45) is 5.31. The lowest BCUT2D eigenvalue weighted by Gasteiger charge is -2.24. The lowest BCUT2D eigenvalue weighted by Crippen LogP contribution is -2.25. The van der Waals surface area contributed by atoms with Gasteiger partial charge in [-0.3, -0.25) is 4.79 Å². The highest BCUT2D eigenvalue weighted by Crippen LogP contribution is 2.29. The van der Waals surface area contributed by atoms with Gasteiger partial charge >= 0.3 is 5.97 Å². The number of carbonyl (C=O) groups excluding carboxylic acids is 1. The summed E-state index contributed by atoms with van der Waals surface area (Å²) in [5, 5.41) is 5.86. The SMILES string of the molecule is COC(=O)[C@H](C)[C@H](c1ccc(Nc2ccc3ccccc3c2)cc1)n1ccnc1. The predicted octanol–water partition coefficient (Wildman–Crippen LogP) is 5.18. The average Bonchev–Trinajstić information content (AvgIpc) is 3.28. The van der Waals surface area contributed by atoms with Crippen molar-refractivity contribution in [2.45, 2.75) is 13.0 Å². The highest BCUT2D eigenvalue weighted by atomic mass is 16.5. The highest BCUT2D eigenvalue weighted by Gasteiger charge is 2.27. The molecule has 29 heavy (non-hydrogen) atoms. The largest absolute Gasteiger partial charge is 0.469 e. The number of esters is 1. The number of hydrogen-bond donors (Lipinski definition) is 1. The number of hydrogen-bond acceptors (Lipinski definition) is 4. The Morgan fingerprint density at radius 3 is 2.41 bits per heavy atom. The number of benzene rings is 3. The molecule has 1 aromatic heterocycles. The molecule has 146 valence electrons. The van der Waals surface area contributed by atoms with Gasteiger partial charge in [0.25, 0.3) is 0 Å². The maximum absolute atomic E-state index is 12.2. The summed E-state index contributed by atoms with van der Waals surface area (Å²) in [6, 6.07) is 22.6. The number of aromatic nitrogens is 2. The van der Waals surface area contributed by atoms with E-state index >= 15 is 0 Å². The molecule has 0 saturated heterocycles. The van der Waals surface area contributed by atoms with Crippen molar-refractivity contribution in [3.63, 3.8) is 0 Å². The molecule has 5 nitrogen and oxygen atoms in total. The van der Waals surface area contributed by atoms with Crippen LogP contribution in [0.1, 0.15) is 18.5 Å². The van der Waals surface area contributed by atoms with Crippen LogP contribution in [0.3, 0.4) is 0 Å². The average molecular weight is 385 g/mol. The summed E-state index contributed by atoms with van der Waals surface area (Å²) < 4.78 is 6.90. The second-order valence-electron chi connectivity index (χ2n) is 7.08. The van der Waals surface area contributed by atoms with Gasteiger partial charge < -0.3 is 14.6 Å². The summed E-state index contributed by atoms with van der Waals surface area (Å²) in [4.78, 5) is 16.3. The topological polar surface area (TPSA) is 56.1 Å². The molecule has 0 bridgehead atoms. The molecule has 0 aliphatic rings. The first kappa shape index (κ1) is 18.7. The second kappa shape index (κ2) is 8.19. The summed E-state index contributed by atoms with van der Waals surface area (Å²) in [6.45, 7) is 1.87. The van der Waals surface area contributed by atoms with Crippen molar-refractivity contribution in [2.75, 3.05) is 12.4 Å². The van der Waals surface area contributed by atoms with Gasteiger partial charge in [-0.2, -0.15) is 0 Å². The number of rotatable bonds is 6. The number of imidazole rings is 1. The molecule has 2 atom stereocenters. The van der Waals surface area contributed by atoms with Gasteiger partial charge in [-0.15, -0.1) is 0 Å². The third kappa shape index (κ3) is 3.99. The molecule has 0 radical (unpaired) electrons. The Morgan fingerprint density at radius 1 is 1.00 bits per heavy atom. The minimum Gasteiger partial charge on any atom is -0.469 e. The Bertz CT molecular complexity index is 1100. The number of anilines is 2. The number of carbonyl (C=O) groups is 1. The van der Waals surface area contributed by atoms with Crippen LogP contribution >= 0.6 is 0 Å². The molecule has 3 aromatic carbocycles. The maximum Gasteiger partial charge on any atom is 0.310 e. The lowest BCUT2D eigenvalue weighted by atomic mass is 9.94. The molecular weight excluding hydrogens is 362 g/mol. The molecule has 5 heteroatoms. The van der Waals surface area contributed by atoms with E-state index in [1.165, 1.54) is 17.9 Å². The molecule has 0 saturated carbocycles. The summed E-state index contributed by atoms with van der Waals surface area (Å²) in [5.74, 6) is -0.587. The minimum atomic E-state index is -0.339. The van der Waals surface area contributed by atoms with Crippen molar-refractivity contribution >= 4 is 28.1 Å². The van der Waals surface area contributed by atoms with Gasteiger partial charge in [-0.25, -0.2) is 4.98 Å². The van der Waals surface area contributed by atoms with Crippen molar-refractivity contribution < 1.29 is 9.53 Å². The molecule has 4 aromatic rings. The first-order chi connectivity index (χ1) is 14.2. The number of nitrogens with one attached hydrogen (secondary N) is 1. The summed E-state index contributed by atoms with van der Waals surface area (Å²) >= 11 is 0. The molecule has 0 aliphatic heterocycles. The van der Waals surface area contributed by atoms with E-state index in [-0.39, 0.29) is 17.9 Å². The standard InChI is InChI=1S/C24H23N3O2/c1-17(24(28)29-2)23(27-14-13-25-16-27)19-8-10-21(11-9-19)26-22-12-7-18-5-3-4-6-20(18)15-22/h3-17,23,26H,1-2H3/t17-,23-/m1/s1. The van der Waals surface area contributed by atoms with Crippen LogP contribution in [-0.4, -0.2) is 22.6 Å². The Kier molecular flexibility index (Phi) is 5.29. The van der Waals surface area contributed by atoms with Crippen LogP contribution in [0, 0.1) is 5.92 Å². The van der Waals surface area contributed by atoms with Crippen LogP contribution in [0.5, 0.6) is 0 Å². The van der Waals surface area contributed by atoms with E-state index < -0.39 is 0 Å². The molecule has 0 fully saturated rings. The first-order valence-corrected chi connectivity index (χ1v) is 9.57. The normalized spacial score (nSPS) is 13.0. The van der Waals surface area contributed by atoms with Crippen LogP contribution in [-0.2, 0) is 9.53 Å². The fraction of sp³-hybridized carbons (Fsp3) is 0.167. The van der Waals surface area contributed by atoms with Crippen molar-refractivity contribution in [3.05, 3.63) is 91.0 Å². The molecule has 0 aliphatic carbocycles. The third-order valence-electron chi connectivity index (χ3n) is 5.18. The Labute approximate surface area is 170 Å². The smallest absolute Gasteiger partial charge is 0.310 e. The van der Waals surface area contributed by atoms with Crippen LogP contribution in [0.25, 0.3) is 10.8 Å². The van der Waals surface area contributed by atoms with E-state index in [0.29, 0.717) is 0 Å². The number of fused-ring (bicyclic) bond motifs is 1. The van der Waals surface area contributed by atoms with E-state index in [2.05, 4.69) is 40.6 Å². The van der Waals surface area contributed by atoms with Crippen LogP contribution in [0.2, 0.25) is 0 Å². The highest BCUT2D eigenvalue weighted by molar-refractivity contribution is 5.86. The molecule has 1 heterocycles. The number of methoxy groups -OCH3 is 1. The first-order valence-electron chi connectivity index (χ1n) is 9.57. The van der Waals surface area contributed by atoms with Gasteiger partial charge in [0.2, 0.25) is 0 Å². The fourth-order valence-corrected chi connectivity index (χ4v) is 3.67. The zero-order valence-electron chi connectivity index (χ0n) is 16.4. The summed E-state index contributed by atoms with van der Waals surface area (Å²) in [5.41, 5.74) is 3.04. The minimum absolute atomic E-state index is 0.181. The van der Waals surface area contributed by atoms with E-state index in [4.69, 9.17) is 4.74 Å². The Hall–Kier alpha value is -3.60. The van der Waals surface area contributed by atoms with E-state index in [1.54, 1.807) is 12.5 Å². The molecule has 0 amide bonds. The van der Waals surface area contributed by atoms with E-state index in [1.807, 2.05) is 54.1 Å². The van der Waals surface area contributed by atoms with Crippen molar-refractivity contribution in [3.8, 4) is 0 Å². The van der Waals surface area contributed by atoms with Crippen molar-refractivity contribution in [1.29, 1.82) is 0 Å². The number of nitrogens with zero attached hydrogens (tertiary/aromatic N) is 2. The molecule has 0 spiro atoms. The molecular formula is C24H23N3O2. The lowest BCUT2D eigenvalue weighted by molar-refractivity contribution is -0.145. The van der Waals surface area contributed by atoms with Crippen LogP contribution < -0.4 is 5.32 Å². The van der Waals surface area contributed by atoms with E-state index in [0.717, 1.165) is 16.9 Å². The van der Waals surface area contributed by atoms with Crippen LogP contribution in [0.15, 0.2) is 85.5 Å². The molecule has 4 rings (SSSR count). The fourth-order valence-electron chi connectivity index (χ4n) is 3.67. The third-order valence-corrected chi connectivity index (χ3v) is 5.18. The van der Waals surface area contributed by atoms with Crippen molar-refractivity contribution in [1.82, 2.24) is 9.55 Å². The van der Waals surface area contributed by atoms with E-state index in [9.17, 15) is 4.79 Å². The second-order valence-corrected chi connectivity index (χ2v) is 7.08. The van der Waals surface area contributed by atoms with Gasteiger partial charge in [0, 0.05) is 23.8 Å². The van der Waals surface area contributed by atoms with Gasteiger partial charge in [-0.1, -0.05) is 42.5 Å². The van der Waals surface area contributed by atoms with Gasteiger partial charge in [0.05, 0.1) is 25.4 Å². The molecule has 0 unspecified atom stereocenters. The Balaban J connectivity index is 1.58. The monoisotopic (exact) mass is 385 g/mol. The number of ether oxygens (including phenoxy) is 1. The quantitative estimate of drug-likeness (QED) is 0.465.